The molecule has 17 heavy (non-hydrogen) atoms. The third-order valence-corrected chi connectivity index (χ3v) is 4.21. The number of aromatic nitrogens is 1. The number of fused-ring (bicyclic) bond motifs is 1. The number of ether oxygens (including phenoxy) is 1. The molecular weight excluding hydrogens is 302 g/mol. The first-order valence-electron chi connectivity index (χ1n) is 4.34. The number of nitrogens with two attached hydrogens (primary N) is 1. The van der Waals surface area contributed by atoms with E-state index in [0.29, 0.717) is 31.0 Å². The number of nitrogen functional groups attached to an aromatic ring is 1. The molecule has 1 aromatic heterocycles. The van der Waals surface area contributed by atoms with Crippen molar-refractivity contribution in [3.05, 3.63) is 15.6 Å². The first-order chi connectivity index (χ1) is 8.06. The van der Waals surface area contributed by atoms with Crippen molar-refractivity contribution < 1.29 is 9.30 Å². The molecule has 2 rings (SSSR count). The van der Waals surface area contributed by atoms with Gasteiger partial charge in [-0.15, -0.1) is 0 Å². The van der Waals surface area contributed by atoms with Crippen LogP contribution in [0.15, 0.2) is 0 Å². The number of anilines is 1. The minimum absolute atomic E-state index is 0.264. The molecular formula is C9H5Cl2N2O2PS. The maximum atomic E-state index is 10.3. The van der Waals surface area contributed by atoms with Gasteiger partial charge in [0.1, 0.15) is 0 Å². The topological polar surface area (TPSA) is 65.2 Å². The Morgan fingerprint density at radius 2 is 2.18 bits per heavy atom. The average molecular weight is 307 g/mol. The van der Waals surface area contributed by atoms with Gasteiger partial charge in [0.25, 0.3) is 0 Å². The molecule has 2 N–H and O–H groups in total. The zero-order valence-corrected chi connectivity index (χ0v) is 11.7. The molecule has 0 saturated heterocycles. The van der Waals surface area contributed by atoms with E-state index < -0.39 is 0 Å². The number of thiazole rings is 1. The predicted octanol–water partition coefficient (Wildman–Crippen LogP) is 4.08. The van der Waals surface area contributed by atoms with Crippen molar-refractivity contribution in [3.8, 4) is 11.6 Å². The van der Waals surface area contributed by atoms with Gasteiger partial charge >= 0.3 is 112 Å². The summed E-state index contributed by atoms with van der Waals surface area (Å²) in [7, 11) is -0.378. The van der Waals surface area contributed by atoms with E-state index in [1.54, 1.807) is 6.92 Å². The second-order valence-corrected chi connectivity index (χ2v) is 5.25. The summed E-state index contributed by atoms with van der Waals surface area (Å²) in [6.45, 7) is 1.75. The molecule has 4 nitrogen and oxygen atoms in total. The van der Waals surface area contributed by atoms with Crippen molar-refractivity contribution in [2.75, 3.05) is 5.73 Å². The van der Waals surface area contributed by atoms with Crippen molar-refractivity contribution in [2.24, 2.45) is 0 Å². The molecule has 8 heteroatoms. The first kappa shape index (κ1) is 12.7. The zero-order valence-electron chi connectivity index (χ0n) is 8.45. The van der Waals surface area contributed by atoms with Crippen LogP contribution in [0.4, 0.5) is 5.13 Å². The quantitative estimate of drug-likeness (QED) is 0.806. The molecule has 0 amide bonds. The summed E-state index contributed by atoms with van der Waals surface area (Å²) in [5, 5.41) is 1.16. The van der Waals surface area contributed by atoms with Crippen LogP contribution < -0.4 is 10.5 Å². The first-order valence-corrected chi connectivity index (χ1v) is 6.72. The number of hydrogen-bond acceptors (Lipinski definition) is 5. The van der Waals surface area contributed by atoms with Crippen LogP contribution in [0.25, 0.3) is 10.2 Å². The molecule has 1 heterocycles. The zero-order chi connectivity index (χ0) is 12.6. The number of halogens is 2. The molecule has 0 aliphatic heterocycles. The Bertz CT molecular complexity index is 711. The molecule has 2 aromatic rings. The normalized spacial score (nSPS) is 10.3. The van der Waals surface area contributed by atoms with Gasteiger partial charge in [-0.2, -0.15) is 0 Å². The summed E-state index contributed by atoms with van der Waals surface area (Å²) in [5.74, 6) is 2.43. The molecule has 0 aliphatic rings. The van der Waals surface area contributed by atoms with Crippen LogP contribution in [-0.4, -0.2) is 4.98 Å². The Morgan fingerprint density at radius 1 is 1.47 bits per heavy atom. The Kier molecular flexibility index (Phi) is 3.67. The monoisotopic (exact) mass is 306 g/mol. The van der Waals surface area contributed by atoms with Gasteiger partial charge in [0, 0.05) is 0 Å². The Labute approximate surface area is 112 Å². The SMILES string of the molecule is Cc1c(Cl)c(OC#P=O)c2nc(N)sc2c1Cl. The second-order valence-electron chi connectivity index (χ2n) is 3.10. The van der Waals surface area contributed by atoms with Gasteiger partial charge in [0.2, 0.25) is 0 Å². The molecule has 0 saturated carbocycles. The summed E-state index contributed by atoms with van der Waals surface area (Å²) in [6.07, 6.45) is 0. The van der Waals surface area contributed by atoms with E-state index in [9.17, 15) is 4.57 Å². The van der Waals surface area contributed by atoms with Gasteiger partial charge < -0.3 is 0 Å². The molecule has 0 atom stereocenters. The summed E-state index contributed by atoms with van der Waals surface area (Å²) >= 11 is 13.5. The molecule has 0 spiro atoms. The summed E-state index contributed by atoms with van der Waals surface area (Å²) in [4.78, 5) is 4.09. The average Bonchev–Trinajstić information content (AvgIpc) is 2.68. The Balaban J connectivity index is 2.87. The van der Waals surface area contributed by atoms with Gasteiger partial charge in [-0.05, 0) is 0 Å². The Morgan fingerprint density at radius 3 is 2.82 bits per heavy atom. The van der Waals surface area contributed by atoms with Crippen molar-refractivity contribution in [1.29, 1.82) is 0 Å². The summed E-state index contributed by atoms with van der Waals surface area (Å²) in [6, 6.07) is 0. The Hall–Kier alpha value is -0.700. The van der Waals surface area contributed by atoms with Gasteiger partial charge in [-0.3, -0.25) is 0 Å². The van der Waals surface area contributed by atoms with Crippen LogP contribution in [-0.2, 0) is 4.57 Å². The number of hydrogen-bond donors (Lipinski definition) is 1. The van der Waals surface area contributed by atoms with E-state index in [1.807, 2.05) is 0 Å². The van der Waals surface area contributed by atoms with E-state index in [-0.39, 0.29) is 13.7 Å². The van der Waals surface area contributed by atoms with E-state index >= 15 is 0 Å². The van der Waals surface area contributed by atoms with Crippen LogP contribution >= 0.6 is 42.5 Å². The van der Waals surface area contributed by atoms with E-state index in [4.69, 9.17) is 33.7 Å². The molecule has 88 valence electrons. The fourth-order valence-corrected chi connectivity index (χ4v) is 2.86. The number of nitrogens with zero attached hydrogens (tertiary/aromatic N) is 1. The van der Waals surface area contributed by atoms with E-state index in [2.05, 4.69) is 10.8 Å². The van der Waals surface area contributed by atoms with Crippen LogP contribution in [0.1, 0.15) is 5.56 Å². The van der Waals surface area contributed by atoms with Crippen LogP contribution in [0.2, 0.25) is 10.0 Å². The molecule has 0 unspecified atom stereocenters. The molecule has 0 radical (unpaired) electrons. The fraction of sp³-hybridized carbons (Fsp3) is 0.111. The summed E-state index contributed by atoms with van der Waals surface area (Å²) < 4.78 is 16.1. The predicted molar refractivity (Wildman–Crippen MR) is 70.9 cm³/mol. The van der Waals surface area contributed by atoms with E-state index in [0.717, 1.165) is 0 Å². The molecule has 0 aliphatic carbocycles. The third-order valence-electron chi connectivity index (χ3n) is 2.10. The standard InChI is InChI=1S/C9H5Cl2N2O2PS/c1-3-4(10)7(15-2-16-14)6-8(5(3)11)17-9(12)13-6/h1H3,(H2,12,13). The minimum atomic E-state index is -0.378. The van der Waals surface area contributed by atoms with Crippen LogP contribution in [0.5, 0.6) is 5.75 Å². The van der Waals surface area contributed by atoms with E-state index in [1.165, 1.54) is 11.3 Å². The van der Waals surface area contributed by atoms with Crippen molar-refractivity contribution in [2.45, 2.75) is 6.92 Å². The second kappa shape index (κ2) is 4.89. The van der Waals surface area contributed by atoms with Gasteiger partial charge in [0.15, 0.2) is 0 Å². The third kappa shape index (κ3) is 2.17. The van der Waals surface area contributed by atoms with Crippen LogP contribution in [0.3, 0.4) is 0 Å². The molecule has 1 aromatic carbocycles. The van der Waals surface area contributed by atoms with Gasteiger partial charge in [-0.1, -0.05) is 0 Å². The van der Waals surface area contributed by atoms with Gasteiger partial charge in [-0.25, -0.2) is 0 Å². The van der Waals surface area contributed by atoms with Crippen molar-refractivity contribution >= 4 is 57.8 Å². The molecule has 0 bridgehead atoms. The molecule has 0 fully saturated rings. The maximum absolute atomic E-state index is 10.3. The fourth-order valence-electron chi connectivity index (χ4n) is 1.34. The number of rotatable bonds is 1. The van der Waals surface area contributed by atoms with Crippen LogP contribution in [0, 0.1) is 12.7 Å². The van der Waals surface area contributed by atoms with Crippen molar-refractivity contribution in [1.82, 2.24) is 4.98 Å². The number of benzene rings is 1. The van der Waals surface area contributed by atoms with Gasteiger partial charge in [0.05, 0.1) is 0 Å². The summed E-state index contributed by atoms with van der Waals surface area (Å²) in [5.41, 5.74) is 6.73. The van der Waals surface area contributed by atoms with Crippen molar-refractivity contribution in [3.63, 3.8) is 0 Å².